The standard InChI is InChI=1S/C19H20FN3O3/c1-24-16-7-6-13(10-17(16)25-2)8-9-21-12-18-22-23-19(26-18)14-4-3-5-15(20)11-14/h3-7,10-11,21H,8-9,12H2,1-2H3. The highest BCUT2D eigenvalue weighted by Gasteiger charge is 2.09. The molecule has 2 aromatic carbocycles. The lowest BCUT2D eigenvalue weighted by molar-refractivity contribution is 0.354. The first-order valence-corrected chi connectivity index (χ1v) is 8.19. The summed E-state index contributed by atoms with van der Waals surface area (Å²) in [5.74, 6) is 1.84. The van der Waals surface area contributed by atoms with Crippen LogP contribution < -0.4 is 14.8 Å². The van der Waals surface area contributed by atoms with Crippen LogP contribution in [0.4, 0.5) is 4.39 Å². The van der Waals surface area contributed by atoms with E-state index in [-0.39, 0.29) is 5.82 Å². The second-order valence-electron chi connectivity index (χ2n) is 5.63. The van der Waals surface area contributed by atoms with Gasteiger partial charge in [-0.3, -0.25) is 0 Å². The number of nitrogens with one attached hydrogen (secondary N) is 1. The number of methoxy groups -OCH3 is 2. The quantitative estimate of drug-likeness (QED) is 0.624. The first kappa shape index (κ1) is 17.9. The molecule has 0 radical (unpaired) electrons. The lowest BCUT2D eigenvalue weighted by Gasteiger charge is -2.09. The van der Waals surface area contributed by atoms with Crippen molar-refractivity contribution >= 4 is 0 Å². The predicted octanol–water partition coefficient (Wildman–Crippen LogP) is 3.23. The smallest absolute Gasteiger partial charge is 0.247 e. The Balaban J connectivity index is 1.51. The molecule has 0 saturated heterocycles. The lowest BCUT2D eigenvalue weighted by atomic mass is 10.1. The van der Waals surface area contributed by atoms with Gasteiger partial charge >= 0.3 is 0 Å². The minimum absolute atomic E-state index is 0.307. The third kappa shape index (κ3) is 4.37. The van der Waals surface area contributed by atoms with E-state index >= 15 is 0 Å². The molecule has 6 nitrogen and oxygen atoms in total. The van der Waals surface area contributed by atoms with Crippen molar-refractivity contribution < 1.29 is 18.3 Å². The molecule has 1 aromatic heterocycles. The zero-order valence-electron chi connectivity index (χ0n) is 14.7. The number of hydrogen-bond donors (Lipinski definition) is 1. The van der Waals surface area contributed by atoms with Crippen LogP contribution >= 0.6 is 0 Å². The van der Waals surface area contributed by atoms with Crippen LogP contribution in [0.5, 0.6) is 11.5 Å². The number of ether oxygens (including phenoxy) is 2. The van der Waals surface area contributed by atoms with Gasteiger partial charge in [-0.1, -0.05) is 12.1 Å². The van der Waals surface area contributed by atoms with Crippen molar-refractivity contribution in [3.05, 3.63) is 59.7 Å². The highest BCUT2D eigenvalue weighted by atomic mass is 19.1. The van der Waals surface area contributed by atoms with Gasteiger partial charge in [-0.05, 0) is 48.9 Å². The zero-order chi connectivity index (χ0) is 18.4. The second kappa shape index (κ2) is 8.44. The van der Waals surface area contributed by atoms with Crippen molar-refractivity contribution in [3.63, 3.8) is 0 Å². The fourth-order valence-electron chi connectivity index (χ4n) is 2.53. The first-order valence-electron chi connectivity index (χ1n) is 8.19. The molecule has 0 saturated carbocycles. The van der Waals surface area contributed by atoms with E-state index in [4.69, 9.17) is 13.9 Å². The summed E-state index contributed by atoms with van der Waals surface area (Å²) in [6, 6.07) is 11.9. The Morgan fingerprint density at radius 1 is 1.04 bits per heavy atom. The Labute approximate surface area is 151 Å². The summed E-state index contributed by atoms with van der Waals surface area (Å²) < 4.78 is 29.3. The van der Waals surface area contributed by atoms with Crippen LogP contribution in [0.1, 0.15) is 11.5 Å². The summed E-state index contributed by atoms with van der Waals surface area (Å²) >= 11 is 0. The highest BCUT2D eigenvalue weighted by molar-refractivity contribution is 5.52. The Bertz CT molecular complexity index is 867. The van der Waals surface area contributed by atoms with Gasteiger partial charge in [0.25, 0.3) is 0 Å². The Morgan fingerprint density at radius 2 is 1.88 bits per heavy atom. The normalized spacial score (nSPS) is 10.7. The molecule has 136 valence electrons. The molecule has 0 aliphatic carbocycles. The number of hydrogen-bond acceptors (Lipinski definition) is 6. The van der Waals surface area contributed by atoms with Crippen molar-refractivity contribution in [1.82, 2.24) is 15.5 Å². The van der Waals surface area contributed by atoms with Gasteiger partial charge in [-0.2, -0.15) is 0 Å². The molecule has 0 amide bonds. The topological polar surface area (TPSA) is 69.4 Å². The largest absolute Gasteiger partial charge is 0.493 e. The van der Waals surface area contributed by atoms with Gasteiger partial charge in [0.05, 0.1) is 20.8 Å². The third-order valence-corrected chi connectivity index (χ3v) is 3.85. The van der Waals surface area contributed by atoms with E-state index in [0.717, 1.165) is 18.5 Å². The van der Waals surface area contributed by atoms with Crippen LogP contribution in [0.15, 0.2) is 46.9 Å². The maximum absolute atomic E-state index is 13.3. The fraction of sp³-hybridized carbons (Fsp3) is 0.263. The van der Waals surface area contributed by atoms with Crippen LogP contribution in [0.2, 0.25) is 0 Å². The van der Waals surface area contributed by atoms with Gasteiger partial charge in [-0.25, -0.2) is 4.39 Å². The van der Waals surface area contributed by atoms with Crippen molar-refractivity contribution in [2.45, 2.75) is 13.0 Å². The van der Waals surface area contributed by atoms with Gasteiger partial charge < -0.3 is 19.2 Å². The minimum Gasteiger partial charge on any atom is -0.493 e. The monoisotopic (exact) mass is 357 g/mol. The number of rotatable bonds is 8. The van der Waals surface area contributed by atoms with Crippen LogP contribution in [-0.4, -0.2) is 31.0 Å². The molecule has 26 heavy (non-hydrogen) atoms. The molecule has 0 aliphatic heterocycles. The van der Waals surface area contributed by atoms with Gasteiger partial charge in [0, 0.05) is 5.56 Å². The molecule has 0 fully saturated rings. The van der Waals surface area contributed by atoms with Crippen molar-refractivity contribution in [2.75, 3.05) is 20.8 Å². The minimum atomic E-state index is -0.338. The summed E-state index contributed by atoms with van der Waals surface area (Å²) in [5.41, 5.74) is 1.69. The van der Waals surface area contributed by atoms with Crippen LogP contribution in [-0.2, 0) is 13.0 Å². The van der Waals surface area contributed by atoms with Crippen molar-refractivity contribution in [2.24, 2.45) is 0 Å². The molecule has 3 aromatic rings. The van der Waals surface area contributed by atoms with E-state index in [1.807, 2.05) is 18.2 Å². The summed E-state index contributed by atoms with van der Waals surface area (Å²) in [4.78, 5) is 0. The summed E-state index contributed by atoms with van der Waals surface area (Å²) in [5, 5.41) is 11.2. The van der Waals surface area contributed by atoms with E-state index in [9.17, 15) is 4.39 Å². The maximum Gasteiger partial charge on any atom is 0.247 e. The van der Waals surface area contributed by atoms with E-state index in [0.29, 0.717) is 35.4 Å². The van der Waals surface area contributed by atoms with E-state index in [1.165, 1.54) is 12.1 Å². The van der Waals surface area contributed by atoms with Gasteiger partial charge in [-0.15, -0.1) is 10.2 Å². The second-order valence-corrected chi connectivity index (χ2v) is 5.63. The molecule has 0 bridgehead atoms. The Hall–Kier alpha value is -2.93. The average molecular weight is 357 g/mol. The van der Waals surface area contributed by atoms with E-state index < -0.39 is 0 Å². The number of aromatic nitrogens is 2. The van der Waals surface area contributed by atoms with Crippen molar-refractivity contribution in [1.29, 1.82) is 0 Å². The zero-order valence-corrected chi connectivity index (χ0v) is 14.7. The van der Waals surface area contributed by atoms with Gasteiger partial charge in [0.15, 0.2) is 11.5 Å². The Kier molecular flexibility index (Phi) is 5.80. The molecule has 0 aliphatic rings. The molecular formula is C19H20FN3O3. The summed E-state index contributed by atoms with van der Waals surface area (Å²) in [6.07, 6.45) is 0.811. The molecule has 1 N–H and O–H groups in total. The van der Waals surface area contributed by atoms with Crippen LogP contribution in [0, 0.1) is 5.82 Å². The van der Waals surface area contributed by atoms with E-state index in [1.54, 1.807) is 26.4 Å². The third-order valence-electron chi connectivity index (χ3n) is 3.85. The number of benzene rings is 2. The molecule has 0 unspecified atom stereocenters. The average Bonchev–Trinajstić information content (AvgIpc) is 3.14. The molecule has 0 atom stereocenters. The van der Waals surface area contributed by atoms with Crippen LogP contribution in [0.3, 0.4) is 0 Å². The molecule has 0 spiro atoms. The maximum atomic E-state index is 13.3. The molecular weight excluding hydrogens is 337 g/mol. The first-order chi connectivity index (χ1) is 12.7. The van der Waals surface area contributed by atoms with E-state index in [2.05, 4.69) is 15.5 Å². The SMILES string of the molecule is COc1ccc(CCNCc2nnc(-c3cccc(F)c3)o2)cc1OC. The fourth-order valence-corrected chi connectivity index (χ4v) is 2.53. The Morgan fingerprint density at radius 3 is 2.65 bits per heavy atom. The molecule has 7 heteroatoms. The highest BCUT2D eigenvalue weighted by Crippen LogP contribution is 2.27. The number of halogens is 1. The molecule has 3 rings (SSSR count). The number of nitrogens with zero attached hydrogens (tertiary/aromatic N) is 2. The van der Waals surface area contributed by atoms with Crippen LogP contribution in [0.25, 0.3) is 11.5 Å². The summed E-state index contributed by atoms with van der Waals surface area (Å²) in [7, 11) is 3.23. The van der Waals surface area contributed by atoms with Gasteiger partial charge in [0.2, 0.25) is 11.8 Å². The van der Waals surface area contributed by atoms with Gasteiger partial charge in [0.1, 0.15) is 5.82 Å². The predicted molar refractivity (Wildman–Crippen MR) is 94.6 cm³/mol. The lowest BCUT2D eigenvalue weighted by Crippen LogP contribution is -2.16. The van der Waals surface area contributed by atoms with Crippen molar-refractivity contribution in [3.8, 4) is 23.0 Å². The summed E-state index contributed by atoms with van der Waals surface area (Å²) in [6.45, 7) is 1.17. The molecule has 1 heterocycles.